The molecule has 2 aliphatic heterocycles. The Morgan fingerprint density at radius 1 is 1.32 bits per heavy atom. The van der Waals surface area contributed by atoms with E-state index in [-0.39, 0.29) is 30.1 Å². The van der Waals surface area contributed by atoms with E-state index in [4.69, 9.17) is 0 Å². The summed E-state index contributed by atoms with van der Waals surface area (Å²) < 4.78 is 15.5. The molecule has 0 N–H and O–H groups in total. The van der Waals surface area contributed by atoms with Gasteiger partial charge in [-0.05, 0) is 55.7 Å². The van der Waals surface area contributed by atoms with Crippen LogP contribution >= 0.6 is 0 Å². The molecule has 5 rings (SSSR count). The third-order valence-electron chi connectivity index (χ3n) is 7.06. The molecule has 3 heterocycles. The van der Waals surface area contributed by atoms with Crippen molar-refractivity contribution in [1.29, 1.82) is 0 Å². The molecular formula is C24H29FN4O2. The maximum Gasteiger partial charge on any atom is 0.230 e. The predicted molar refractivity (Wildman–Crippen MR) is 113 cm³/mol. The molecule has 0 bridgehead atoms. The Kier molecular flexibility index (Phi) is 5.07. The van der Waals surface area contributed by atoms with E-state index in [1.54, 1.807) is 18.5 Å². The summed E-state index contributed by atoms with van der Waals surface area (Å²) in [4.78, 5) is 35.3. The van der Waals surface area contributed by atoms with E-state index in [0.717, 1.165) is 31.6 Å². The van der Waals surface area contributed by atoms with Crippen LogP contribution in [0.3, 0.4) is 0 Å². The molecule has 0 radical (unpaired) electrons. The first-order chi connectivity index (χ1) is 14.9. The molecule has 31 heavy (non-hydrogen) atoms. The molecule has 2 aromatic rings. The molecule has 3 aliphatic rings. The summed E-state index contributed by atoms with van der Waals surface area (Å²) in [6.07, 6.45) is 8.60. The molecule has 0 unspecified atom stereocenters. The standard InChI is InChI=1S/C24H29FN4O2/c1-27-14-20(26-16-27)21-12-24(8-3-9-28(23(24)31)13-17-6-7-17)15-29(21)22(30)11-18-4-2-5-19(25)10-18/h2,4-5,10,14,16-17,21H,3,6-9,11-13,15H2,1H3/t21-,24+/m0/s1. The molecule has 1 saturated carbocycles. The Balaban J connectivity index is 1.42. The fourth-order valence-electron chi connectivity index (χ4n) is 5.31. The predicted octanol–water partition coefficient (Wildman–Crippen LogP) is 3.09. The van der Waals surface area contributed by atoms with Crippen LogP contribution in [0.15, 0.2) is 36.8 Å². The highest BCUT2D eigenvalue weighted by Gasteiger charge is 2.54. The van der Waals surface area contributed by atoms with E-state index >= 15 is 0 Å². The van der Waals surface area contributed by atoms with E-state index < -0.39 is 5.41 Å². The third-order valence-corrected chi connectivity index (χ3v) is 7.06. The van der Waals surface area contributed by atoms with E-state index in [0.29, 0.717) is 24.4 Å². The Morgan fingerprint density at radius 3 is 2.87 bits per heavy atom. The average Bonchev–Trinajstić information content (AvgIpc) is 3.31. The quantitative estimate of drug-likeness (QED) is 0.741. The van der Waals surface area contributed by atoms with Gasteiger partial charge in [0.25, 0.3) is 0 Å². The number of carbonyl (C=O) groups is 2. The second-order valence-electron chi connectivity index (χ2n) is 9.59. The first-order valence-corrected chi connectivity index (χ1v) is 11.2. The second kappa shape index (κ2) is 7.77. The van der Waals surface area contributed by atoms with Crippen LogP contribution in [0.5, 0.6) is 0 Å². The zero-order chi connectivity index (χ0) is 21.6. The Labute approximate surface area is 182 Å². The highest BCUT2D eigenvalue weighted by atomic mass is 19.1. The van der Waals surface area contributed by atoms with Gasteiger partial charge in [-0.2, -0.15) is 0 Å². The minimum absolute atomic E-state index is 0.0785. The number of nitrogens with zero attached hydrogens (tertiary/aromatic N) is 4. The minimum atomic E-state index is -0.535. The number of hydrogen-bond acceptors (Lipinski definition) is 3. The summed E-state index contributed by atoms with van der Waals surface area (Å²) >= 11 is 0. The number of hydrogen-bond donors (Lipinski definition) is 0. The summed E-state index contributed by atoms with van der Waals surface area (Å²) in [6.45, 7) is 2.09. The summed E-state index contributed by atoms with van der Waals surface area (Å²) in [5, 5.41) is 0. The van der Waals surface area contributed by atoms with Gasteiger partial charge in [-0.3, -0.25) is 9.59 Å². The number of amides is 2. The number of halogens is 1. The summed E-state index contributed by atoms with van der Waals surface area (Å²) in [7, 11) is 1.91. The van der Waals surface area contributed by atoms with Gasteiger partial charge in [-0.1, -0.05) is 12.1 Å². The van der Waals surface area contributed by atoms with Crippen molar-refractivity contribution in [3.8, 4) is 0 Å². The van der Waals surface area contributed by atoms with Crippen molar-refractivity contribution in [2.24, 2.45) is 18.4 Å². The van der Waals surface area contributed by atoms with Crippen molar-refractivity contribution in [3.05, 3.63) is 53.9 Å². The fourth-order valence-corrected chi connectivity index (χ4v) is 5.31. The van der Waals surface area contributed by atoms with Crippen molar-refractivity contribution in [2.45, 2.75) is 44.6 Å². The SMILES string of the molecule is Cn1cnc([C@@H]2C[C@]3(CCCN(CC4CC4)C3=O)CN2C(=O)Cc2cccc(F)c2)c1. The summed E-state index contributed by atoms with van der Waals surface area (Å²) in [6, 6.07) is 5.95. The van der Waals surface area contributed by atoms with E-state index in [9.17, 15) is 14.0 Å². The minimum Gasteiger partial charge on any atom is -0.342 e. The zero-order valence-corrected chi connectivity index (χ0v) is 18.0. The lowest BCUT2D eigenvalue weighted by atomic mass is 9.76. The highest BCUT2D eigenvalue weighted by molar-refractivity contribution is 5.87. The van der Waals surface area contributed by atoms with Crippen LogP contribution in [-0.2, 0) is 23.1 Å². The first kappa shape index (κ1) is 20.2. The number of benzene rings is 1. The number of aryl methyl sites for hydroxylation is 1. The first-order valence-electron chi connectivity index (χ1n) is 11.2. The molecule has 1 aliphatic carbocycles. The van der Waals surface area contributed by atoms with Crippen LogP contribution in [0.1, 0.15) is 49.4 Å². The largest absolute Gasteiger partial charge is 0.342 e. The van der Waals surface area contributed by atoms with Crippen LogP contribution in [0.25, 0.3) is 0 Å². The molecule has 2 amide bonds. The van der Waals surface area contributed by atoms with E-state index in [1.165, 1.54) is 25.0 Å². The number of likely N-dealkylation sites (tertiary alicyclic amines) is 2. The third kappa shape index (κ3) is 3.98. The van der Waals surface area contributed by atoms with Crippen LogP contribution in [0.4, 0.5) is 4.39 Å². The van der Waals surface area contributed by atoms with Crippen molar-refractivity contribution in [1.82, 2.24) is 19.4 Å². The van der Waals surface area contributed by atoms with Gasteiger partial charge in [-0.25, -0.2) is 9.37 Å². The van der Waals surface area contributed by atoms with Gasteiger partial charge in [0.2, 0.25) is 11.8 Å². The van der Waals surface area contributed by atoms with Gasteiger partial charge >= 0.3 is 0 Å². The number of aromatic nitrogens is 2. The molecule has 6 nitrogen and oxygen atoms in total. The smallest absolute Gasteiger partial charge is 0.230 e. The molecule has 3 fully saturated rings. The molecule has 1 aromatic heterocycles. The van der Waals surface area contributed by atoms with Crippen molar-refractivity contribution in [3.63, 3.8) is 0 Å². The molecule has 1 aromatic carbocycles. The average molecular weight is 425 g/mol. The van der Waals surface area contributed by atoms with Gasteiger partial charge in [0, 0.05) is 32.9 Å². The highest BCUT2D eigenvalue weighted by Crippen LogP contribution is 2.49. The molecule has 7 heteroatoms. The zero-order valence-electron chi connectivity index (χ0n) is 18.0. The van der Waals surface area contributed by atoms with Crippen molar-refractivity contribution < 1.29 is 14.0 Å². The van der Waals surface area contributed by atoms with Crippen LogP contribution in [-0.4, -0.2) is 50.8 Å². The molecular weight excluding hydrogens is 395 g/mol. The fraction of sp³-hybridized carbons (Fsp3) is 0.542. The topological polar surface area (TPSA) is 58.4 Å². The normalized spacial score (nSPS) is 26.1. The van der Waals surface area contributed by atoms with Gasteiger partial charge in [0.05, 0.1) is 29.9 Å². The van der Waals surface area contributed by atoms with Crippen LogP contribution in [0, 0.1) is 17.2 Å². The monoisotopic (exact) mass is 424 g/mol. The van der Waals surface area contributed by atoms with Crippen LogP contribution in [0.2, 0.25) is 0 Å². The van der Waals surface area contributed by atoms with Crippen molar-refractivity contribution >= 4 is 11.8 Å². The van der Waals surface area contributed by atoms with Gasteiger partial charge in [0.15, 0.2) is 0 Å². The van der Waals surface area contributed by atoms with Crippen LogP contribution < -0.4 is 0 Å². The molecule has 1 spiro atoms. The van der Waals surface area contributed by atoms with E-state index in [1.807, 2.05) is 27.6 Å². The lowest BCUT2D eigenvalue weighted by Crippen LogP contribution is -2.51. The maximum atomic E-state index is 13.6. The molecule has 164 valence electrons. The summed E-state index contributed by atoms with van der Waals surface area (Å²) in [5.41, 5.74) is 0.933. The summed E-state index contributed by atoms with van der Waals surface area (Å²) in [5.74, 6) is 0.429. The number of rotatable bonds is 5. The lowest BCUT2D eigenvalue weighted by molar-refractivity contribution is -0.146. The van der Waals surface area contributed by atoms with Gasteiger partial charge in [0.1, 0.15) is 5.82 Å². The Morgan fingerprint density at radius 2 is 2.16 bits per heavy atom. The molecule has 2 atom stereocenters. The second-order valence-corrected chi connectivity index (χ2v) is 9.59. The van der Waals surface area contributed by atoms with Gasteiger partial charge in [-0.15, -0.1) is 0 Å². The van der Waals surface area contributed by atoms with Crippen molar-refractivity contribution in [2.75, 3.05) is 19.6 Å². The number of carbonyl (C=O) groups excluding carboxylic acids is 2. The van der Waals surface area contributed by atoms with Gasteiger partial charge < -0.3 is 14.4 Å². The maximum absolute atomic E-state index is 13.6. The number of piperidine rings is 1. The Bertz CT molecular complexity index is 1000. The number of imidazole rings is 1. The van der Waals surface area contributed by atoms with E-state index in [2.05, 4.69) is 4.98 Å². The molecule has 2 saturated heterocycles. The Hall–Kier alpha value is -2.70. The lowest BCUT2D eigenvalue weighted by Gasteiger charge is -2.39.